The van der Waals surface area contributed by atoms with Crippen molar-refractivity contribution in [3.8, 4) is 0 Å². The summed E-state index contributed by atoms with van der Waals surface area (Å²) in [4.78, 5) is 24.0. The van der Waals surface area contributed by atoms with Crippen LogP contribution in [0.1, 0.15) is 34.5 Å². The third-order valence-electron chi connectivity index (χ3n) is 5.47. The quantitative estimate of drug-likeness (QED) is 0.770. The number of carbonyl (C=O) groups excluding carboxylic acids is 2. The van der Waals surface area contributed by atoms with E-state index < -0.39 is 15.9 Å². The number of hydrogen-bond acceptors (Lipinski definition) is 4. The molecule has 1 aromatic carbocycles. The van der Waals surface area contributed by atoms with Gasteiger partial charge in [-0.15, -0.1) is 0 Å². The molecule has 3 rings (SSSR count). The summed E-state index contributed by atoms with van der Waals surface area (Å²) < 4.78 is 28.5. The predicted molar refractivity (Wildman–Crippen MR) is 110 cm³/mol. The Morgan fingerprint density at radius 3 is 2.31 bits per heavy atom. The Balaban J connectivity index is 1.64. The first-order chi connectivity index (χ1) is 13.6. The van der Waals surface area contributed by atoms with E-state index in [0.29, 0.717) is 12.8 Å². The van der Waals surface area contributed by atoms with Gasteiger partial charge in [0.05, 0.1) is 0 Å². The lowest BCUT2D eigenvalue weighted by molar-refractivity contribution is -0.120. The van der Waals surface area contributed by atoms with Crippen molar-refractivity contribution in [2.45, 2.75) is 31.6 Å². The highest BCUT2D eigenvalue weighted by Crippen LogP contribution is 2.26. The Morgan fingerprint density at radius 2 is 1.76 bits per heavy atom. The maximum Gasteiger partial charge on any atom is 0.265 e. The summed E-state index contributed by atoms with van der Waals surface area (Å²) in [6.45, 7) is 4.49. The van der Waals surface area contributed by atoms with Crippen molar-refractivity contribution in [2.24, 2.45) is 18.7 Å². The minimum absolute atomic E-state index is 0.0341. The maximum atomic E-state index is 12.9. The van der Waals surface area contributed by atoms with E-state index in [2.05, 4.69) is 5.32 Å². The number of sulfonamides is 1. The van der Waals surface area contributed by atoms with Gasteiger partial charge >= 0.3 is 0 Å². The molecule has 0 saturated carbocycles. The summed E-state index contributed by atoms with van der Waals surface area (Å²) in [7, 11) is -2.17. The molecule has 1 aliphatic rings. The number of nitrogens with one attached hydrogen (secondary N) is 1. The number of benzene rings is 1. The fourth-order valence-corrected chi connectivity index (χ4v) is 5.03. The summed E-state index contributed by atoms with van der Waals surface area (Å²) in [6.07, 6.45) is 2.25. The average Bonchev–Trinajstić information content (AvgIpc) is 3.07. The van der Waals surface area contributed by atoms with Crippen LogP contribution in [0.4, 0.5) is 5.69 Å². The minimum atomic E-state index is -3.74. The van der Waals surface area contributed by atoms with Gasteiger partial charge < -0.3 is 15.6 Å². The number of nitrogens with zero attached hydrogens (tertiary/aromatic N) is 2. The topological polar surface area (TPSA) is 114 Å². The number of amides is 2. The maximum absolute atomic E-state index is 12.9. The lowest BCUT2D eigenvalue weighted by atomic mass is 9.97. The van der Waals surface area contributed by atoms with Crippen LogP contribution in [-0.4, -0.2) is 42.2 Å². The van der Waals surface area contributed by atoms with Gasteiger partial charge in [0.15, 0.2) is 0 Å². The zero-order valence-corrected chi connectivity index (χ0v) is 17.6. The molecule has 9 heteroatoms. The molecule has 2 aromatic rings. The molecule has 1 aromatic heterocycles. The Kier molecular flexibility index (Phi) is 5.81. The van der Waals surface area contributed by atoms with E-state index in [0.717, 1.165) is 16.8 Å². The molecular formula is C20H26N4O4S. The zero-order chi connectivity index (χ0) is 21.3. The molecule has 0 aliphatic carbocycles. The van der Waals surface area contributed by atoms with Crippen LogP contribution in [0.5, 0.6) is 0 Å². The molecule has 1 fully saturated rings. The number of hydrogen-bond donors (Lipinski definition) is 2. The monoisotopic (exact) mass is 418 g/mol. The molecule has 29 heavy (non-hydrogen) atoms. The SMILES string of the molecule is Cc1ccc(NC(=O)C2CCN(S(=O)(=O)c3cc(C(N)=O)n(C)c3)CC2)cc1C. The van der Waals surface area contributed by atoms with Crippen LogP contribution in [0, 0.1) is 19.8 Å². The van der Waals surface area contributed by atoms with Gasteiger partial charge in [0, 0.05) is 37.9 Å². The number of rotatable bonds is 5. The van der Waals surface area contributed by atoms with Gasteiger partial charge in [-0.3, -0.25) is 9.59 Å². The Morgan fingerprint density at radius 1 is 1.10 bits per heavy atom. The van der Waals surface area contributed by atoms with Crippen LogP contribution in [0.15, 0.2) is 35.4 Å². The molecule has 8 nitrogen and oxygen atoms in total. The molecule has 0 bridgehead atoms. The molecule has 3 N–H and O–H groups in total. The van der Waals surface area contributed by atoms with Crippen molar-refractivity contribution in [1.82, 2.24) is 8.87 Å². The molecule has 1 aliphatic heterocycles. The second-order valence-corrected chi connectivity index (χ2v) is 9.44. The molecule has 156 valence electrons. The molecule has 0 spiro atoms. The number of primary amides is 1. The first-order valence-corrected chi connectivity index (χ1v) is 10.9. The fraction of sp³-hybridized carbons (Fsp3) is 0.400. The molecule has 0 atom stereocenters. The predicted octanol–water partition coefficient (Wildman–Crippen LogP) is 1.78. The van der Waals surface area contributed by atoms with Gasteiger partial charge in [0.1, 0.15) is 10.6 Å². The fourth-order valence-electron chi connectivity index (χ4n) is 3.49. The van der Waals surface area contributed by atoms with Gasteiger partial charge in [0.2, 0.25) is 15.9 Å². The first-order valence-electron chi connectivity index (χ1n) is 9.44. The number of nitrogens with two attached hydrogens (primary N) is 1. The minimum Gasteiger partial charge on any atom is -0.364 e. The van der Waals surface area contributed by atoms with Crippen LogP contribution in [-0.2, 0) is 21.9 Å². The van der Waals surface area contributed by atoms with Crippen LogP contribution in [0.3, 0.4) is 0 Å². The van der Waals surface area contributed by atoms with Crippen LogP contribution >= 0.6 is 0 Å². The normalized spacial score (nSPS) is 16.0. The van der Waals surface area contributed by atoms with Gasteiger partial charge in [-0.1, -0.05) is 6.07 Å². The molecule has 0 radical (unpaired) electrons. The molecule has 2 amide bonds. The van der Waals surface area contributed by atoms with Gasteiger partial charge in [-0.25, -0.2) is 8.42 Å². The van der Waals surface area contributed by atoms with Crippen LogP contribution < -0.4 is 11.1 Å². The van der Waals surface area contributed by atoms with Crippen molar-refractivity contribution in [3.05, 3.63) is 47.3 Å². The lowest BCUT2D eigenvalue weighted by Crippen LogP contribution is -2.41. The van der Waals surface area contributed by atoms with E-state index in [4.69, 9.17) is 5.73 Å². The molecule has 0 unspecified atom stereocenters. The molecular weight excluding hydrogens is 392 g/mol. The zero-order valence-electron chi connectivity index (χ0n) is 16.8. The summed E-state index contributed by atoms with van der Waals surface area (Å²) in [5, 5.41) is 2.93. The first kappa shape index (κ1) is 21.1. The smallest absolute Gasteiger partial charge is 0.265 e. The van der Waals surface area contributed by atoms with Gasteiger partial charge in [0.25, 0.3) is 5.91 Å². The van der Waals surface area contributed by atoms with Gasteiger partial charge in [-0.05, 0) is 56.0 Å². The molecule has 2 heterocycles. The third-order valence-corrected chi connectivity index (χ3v) is 7.33. The Hall–Kier alpha value is -2.65. The Bertz CT molecular complexity index is 1050. The second kappa shape index (κ2) is 8.00. The summed E-state index contributed by atoms with van der Waals surface area (Å²) in [5.74, 6) is -1.03. The number of aromatic nitrogens is 1. The van der Waals surface area contributed by atoms with E-state index in [1.807, 2.05) is 32.0 Å². The largest absolute Gasteiger partial charge is 0.364 e. The van der Waals surface area contributed by atoms with Crippen molar-refractivity contribution < 1.29 is 18.0 Å². The highest BCUT2D eigenvalue weighted by molar-refractivity contribution is 7.89. The summed E-state index contributed by atoms with van der Waals surface area (Å²) in [5.41, 5.74) is 8.40. The average molecular weight is 419 g/mol. The van der Waals surface area contributed by atoms with E-state index in [-0.39, 0.29) is 35.5 Å². The van der Waals surface area contributed by atoms with Gasteiger partial charge in [-0.2, -0.15) is 4.31 Å². The van der Waals surface area contributed by atoms with Crippen molar-refractivity contribution >= 4 is 27.5 Å². The second-order valence-electron chi connectivity index (χ2n) is 7.50. The van der Waals surface area contributed by atoms with Crippen LogP contribution in [0.2, 0.25) is 0 Å². The van der Waals surface area contributed by atoms with Crippen molar-refractivity contribution in [2.75, 3.05) is 18.4 Å². The lowest BCUT2D eigenvalue weighted by Gasteiger charge is -2.30. The van der Waals surface area contributed by atoms with E-state index >= 15 is 0 Å². The standard InChI is InChI=1S/C20H26N4O4S/c1-13-4-5-16(10-14(13)2)22-20(26)15-6-8-24(9-7-15)29(27,28)17-11-18(19(21)25)23(3)12-17/h4-5,10-12,15H,6-9H2,1-3H3,(H2,21,25)(H,22,26). The number of piperidine rings is 1. The highest BCUT2D eigenvalue weighted by Gasteiger charge is 2.33. The molecule has 1 saturated heterocycles. The summed E-state index contributed by atoms with van der Waals surface area (Å²) >= 11 is 0. The third kappa shape index (κ3) is 4.35. The Labute approximate surface area is 170 Å². The van der Waals surface area contributed by atoms with E-state index in [9.17, 15) is 18.0 Å². The number of carbonyl (C=O) groups is 2. The van der Waals surface area contributed by atoms with Crippen LogP contribution in [0.25, 0.3) is 0 Å². The number of aryl methyl sites for hydroxylation is 3. The van der Waals surface area contributed by atoms with E-state index in [1.54, 1.807) is 7.05 Å². The summed E-state index contributed by atoms with van der Waals surface area (Å²) in [6, 6.07) is 7.04. The highest BCUT2D eigenvalue weighted by atomic mass is 32.2. The number of anilines is 1. The van der Waals surface area contributed by atoms with Crippen molar-refractivity contribution in [3.63, 3.8) is 0 Å². The van der Waals surface area contributed by atoms with Crippen molar-refractivity contribution in [1.29, 1.82) is 0 Å². The van der Waals surface area contributed by atoms with E-state index in [1.165, 1.54) is 21.1 Å².